The van der Waals surface area contributed by atoms with Gasteiger partial charge in [0.15, 0.2) is 0 Å². The SMILES string of the molecule is Cc1ccc(S(=O)(=O)NC(=O)NCCC(=O)N[C@H](Cc2cnc[nH]2)C(=O)O)cc1. The molecular weight excluding hydrogens is 402 g/mol. The zero-order valence-electron chi connectivity index (χ0n) is 15.5. The van der Waals surface area contributed by atoms with Gasteiger partial charge in [0.25, 0.3) is 10.0 Å². The van der Waals surface area contributed by atoms with Crippen molar-refractivity contribution in [2.24, 2.45) is 0 Å². The Balaban J connectivity index is 1.79. The summed E-state index contributed by atoms with van der Waals surface area (Å²) in [4.78, 5) is 41.4. The molecule has 0 fully saturated rings. The van der Waals surface area contributed by atoms with Crippen molar-refractivity contribution in [3.8, 4) is 0 Å². The lowest BCUT2D eigenvalue weighted by atomic mass is 10.1. The Hall–Kier alpha value is -3.41. The molecule has 1 aromatic carbocycles. The molecule has 0 unspecified atom stereocenters. The van der Waals surface area contributed by atoms with Crippen molar-refractivity contribution in [2.75, 3.05) is 6.54 Å². The summed E-state index contributed by atoms with van der Waals surface area (Å²) in [5, 5.41) is 13.8. The number of nitrogens with zero attached hydrogens (tertiary/aromatic N) is 1. The Bertz CT molecular complexity index is 957. The van der Waals surface area contributed by atoms with Gasteiger partial charge in [0, 0.05) is 31.3 Å². The number of urea groups is 1. The van der Waals surface area contributed by atoms with E-state index in [0.29, 0.717) is 5.69 Å². The summed E-state index contributed by atoms with van der Waals surface area (Å²) in [6, 6.07) is 3.76. The number of nitrogens with one attached hydrogen (secondary N) is 4. The third kappa shape index (κ3) is 6.92. The number of carbonyl (C=O) groups is 3. The van der Waals surface area contributed by atoms with Crippen LogP contribution < -0.4 is 15.4 Å². The van der Waals surface area contributed by atoms with Gasteiger partial charge < -0.3 is 20.7 Å². The van der Waals surface area contributed by atoms with Gasteiger partial charge in [-0.2, -0.15) is 0 Å². The first-order chi connectivity index (χ1) is 13.7. The molecule has 0 saturated carbocycles. The van der Waals surface area contributed by atoms with Gasteiger partial charge in [-0.25, -0.2) is 27.7 Å². The van der Waals surface area contributed by atoms with Crippen LogP contribution in [0.1, 0.15) is 17.7 Å². The maximum Gasteiger partial charge on any atom is 0.328 e. The van der Waals surface area contributed by atoms with E-state index in [-0.39, 0.29) is 24.3 Å². The number of imidazole rings is 1. The highest BCUT2D eigenvalue weighted by Crippen LogP contribution is 2.09. The summed E-state index contributed by atoms with van der Waals surface area (Å²) in [6.45, 7) is 1.61. The molecule has 11 nitrogen and oxygen atoms in total. The zero-order valence-corrected chi connectivity index (χ0v) is 16.3. The van der Waals surface area contributed by atoms with E-state index in [1.165, 1.54) is 24.7 Å². The van der Waals surface area contributed by atoms with Crippen LogP contribution in [0, 0.1) is 6.92 Å². The van der Waals surface area contributed by atoms with Gasteiger partial charge in [-0.15, -0.1) is 0 Å². The van der Waals surface area contributed by atoms with Gasteiger partial charge in [0.2, 0.25) is 5.91 Å². The summed E-state index contributed by atoms with van der Waals surface area (Å²) in [5.41, 5.74) is 1.41. The minimum atomic E-state index is -4.04. The zero-order chi connectivity index (χ0) is 21.4. The van der Waals surface area contributed by atoms with E-state index < -0.39 is 34.0 Å². The highest BCUT2D eigenvalue weighted by Gasteiger charge is 2.21. The van der Waals surface area contributed by atoms with E-state index in [0.717, 1.165) is 5.56 Å². The molecule has 0 aliphatic rings. The molecule has 1 heterocycles. The van der Waals surface area contributed by atoms with Crippen LogP contribution in [0.4, 0.5) is 4.79 Å². The topological polar surface area (TPSA) is 170 Å². The minimum absolute atomic E-state index is 0.0176. The molecule has 1 atom stereocenters. The summed E-state index contributed by atoms with van der Waals surface area (Å²) in [6.07, 6.45) is 2.63. The van der Waals surface area contributed by atoms with Crippen LogP contribution >= 0.6 is 0 Å². The molecule has 0 aliphatic heterocycles. The molecule has 2 aromatic rings. The number of rotatable bonds is 9. The number of carboxylic acids is 1. The van der Waals surface area contributed by atoms with E-state index in [1.54, 1.807) is 19.1 Å². The quantitative estimate of drug-likeness (QED) is 0.375. The van der Waals surface area contributed by atoms with Crippen LogP contribution in [-0.4, -0.2) is 54.0 Å². The molecule has 29 heavy (non-hydrogen) atoms. The number of aromatic amines is 1. The number of aliphatic carboxylic acids is 1. The molecule has 156 valence electrons. The molecule has 12 heteroatoms. The minimum Gasteiger partial charge on any atom is -0.480 e. The molecule has 0 saturated heterocycles. The number of H-pyrrole nitrogens is 1. The number of hydrogen-bond acceptors (Lipinski definition) is 6. The first-order valence-electron chi connectivity index (χ1n) is 8.54. The van der Waals surface area contributed by atoms with Gasteiger partial charge in [0.1, 0.15) is 6.04 Å². The average Bonchev–Trinajstić information content (AvgIpc) is 3.14. The number of benzene rings is 1. The van der Waals surface area contributed by atoms with Gasteiger partial charge in [0.05, 0.1) is 11.2 Å². The number of amides is 3. The van der Waals surface area contributed by atoms with Crippen molar-refractivity contribution in [2.45, 2.75) is 30.7 Å². The maximum absolute atomic E-state index is 12.1. The van der Waals surface area contributed by atoms with E-state index in [1.807, 2.05) is 4.72 Å². The van der Waals surface area contributed by atoms with Crippen molar-refractivity contribution in [1.82, 2.24) is 25.3 Å². The third-order valence-corrected chi connectivity index (χ3v) is 5.16. The van der Waals surface area contributed by atoms with Gasteiger partial charge in [-0.05, 0) is 19.1 Å². The number of carboxylic acid groups (broad SMARTS) is 1. The van der Waals surface area contributed by atoms with E-state index in [9.17, 15) is 27.9 Å². The second-order valence-electron chi connectivity index (χ2n) is 6.16. The molecule has 0 aliphatic carbocycles. The van der Waals surface area contributed by atoms with Crippen LogP contribution in [0.25, 0.3) is 0 Å². The fourth-order valence-electron chi connectivity index (χ4n) is 2.31. The first kappa shape index (κ1) is 21.9. The van der Waals surface area contributed by atoms with Crippen LogP contribution in [0.5, 0.6) is 0 Å². The Labute approximate surface area is 167 Å². The third-order valence-electron chi connectivity index (χ3n) is 3.81. The van der Waals surface area contributed by atoms with Crippen molar-refractivity contribution >= 4 is 27.9 Å². The molecule has 0 radical (unpaired) electrons. The normalized spacial score (nSPS) is 12.0. The van der Waals surface area contributed by atoms with Gasteiger partial charge in [-0.1, -0.05) is 17.7 Å². The van der Waals surface area contributed by atoms with E-state index in [2.05, 4.69) is 20.6 Å². The largest absolute Gasteiger partial charge is 0.480 e. The maximum atomic E-state index is 12.1. The van der Waals surface area contributed by atoms with Crippen LogP contribution in [0.2, 0.25) is 0 Å². The Kier molecular flexibility index (Phi) is 7.31. The second-order valence-corrected chi connectivity index (χ2v) is 7.85. The highest BCUT2D eigenvalue weighted by molar-refractivity contribution is 7.90. The smallest absolute Gasteiger partial charge is 0.328 e. The Morgan fingerprint density at radius 1 is 1.21 bits per heavy atom. The lowest BCUT2D eigenvalue weighted by Crippen LogP contribution is -2.44. The Morgan fingerprint density at radius 3 is 2.48 bits per heavy atom. The lowest BCUT2D eigenvalue weighted by Gasteiger charge is -2.14. The highest BCUT2D eigenvalue weighted by atomic mass is 32.2. The second kappa shape index (κ2) is 9.68. The van der Waals surface area contributed by atoms with Crippen LogP contribution in [0.3, 0.4) is 0 Å². The predicted molar refractivity (Wildman–Crippen MR) is 101 cm³/mol. The first-order valence-corrected chi connectivity index (χ1v) is 10.0. The fraction of sp³-hybridized carbons (Fsp3) is 0.294. The van der Waals surface area contributed by atoms with Crippen molar-refractivity contribution in [3.05, 3.63) is 48.0 Å². The summed E-state index contributed by atoms with van der Waals surface area (Å²) < 4.78 is 26.0. The van der Waals surface area contributed by atoms with E-state index >= 15 is 0 Å². The number of sulfonamides is 1. The summed E-state index contributed by atoms with van der Waals surface area (Å²) in [5.74, 6) is -1.83. The molecule has 1 aromatic heterocycles. The number of aromatic nitrogens is 2. The Morgan fingerprint density at radius 2 is 1.90 bits per heavy atom. The van der Waals surface area contributed by atoms with Crippen LogP contribution in [0.15, 0.2) is 41.7 Å². The fourth-order valence-corrected chi connectivity index (χ4v) is 3.24. The molecular formula is C17H21N5O6S. The average molecular weight is 423 g/mol. The number of hydrogen-bond donors (Lipinski definition) is 5. The molecule has 5 N–H and O–H groups in total. The van der Waals surface area contributed by atoms with Crippen molar-refractivity contribution < 1.29 is 27.9 Å². The molecule has 0 spiro atoms. The lowest BCUT2D eigenvalue weighted by molar-refractivity contribution is -0.141. The van der Waals surface area contributed by atoms with Gasteiger partial charge >= 0.3 is 12.0 Å². The summed E-state index contributed by atoms with van der Waals surface area (Å²) >= 11 is 0. The molecule has 3 amide bonds. The number of aryl methyl sites for hydroxylation is 1. The van der Waals surface area contributed by atoms with E-state index in [4.69, 9.17) is 0 Å². The monoisotopic (exact) mass is 423 g/mol. The van der Waals surface area contributed by atoms with Gasteiger partial charge in [-0.3, -0.25) is 4.79 Å². The predicted octanol–water partition coefficient (Wildman–Crippen LogP) is -0.0918. The van der Waals surface area contributed by atoms with Crippen molar-refractivity contribution in [3.63, 3.8) is 0 Å². The number of carbonyl (C=O) groups excluding carboxylic acids is 2. The van der Waals surface area contributed by atoms with Crippen LogP contribution in [-0.2, 0) is 26.0 Å². The molecule has 2 rings (SSSR count). The molecule has 0 bridgehead atoms. The standard InChI is InChI=1S/C17H21N5O6S/c1-11-2-4-13(5-3-11)29(27,28)22-17(26)19-7-6-15(23)21-14(16(24)25)8-12-9-18-10-20-12/h2-5,9-10,14H,6-8H2,1H3,(H,18,20)(H,21,23)(H,24,25)(H2,19,22,26)/t14-/m1/s1. The summed E-state index contributed by atoms with van der Waals surface area (Å²) in [7, 11) is -4.04. The van der Waals surface area contributed by atoms with Crippen molar-refractivity contribution in [1.29, 1.82) is 0 Å².